The van der Waals surface area contributed by atoms with Gasteiger partial charge in [0.05, 0.1) is 26.8 Å². The number of hydrogen-bond acceptors (Lipinski definition) is 5. The minimum Gasteiger partial charge on any atom is -0.497 e. The van der Waals surface area contributed by atoms with Crippen LogP contribution in [0.3, 0.4) is 0 Å². The predicted molar refractivity (Wildman–Crippen MR) is 108 cm³/mol. The molecule has 0 saturated carbocycles. The highest BCUT2D eigenvalue weighted by atomic mass is 16.6. The third kappa shape index (κ3) is 4.57. The molecule has 28 heavy (non-hydrogen) atoms. The number of carbonyl (C=O) groups is 1. The largest absolute Gasteiger partial charge is 0.497 e. The van der Waals surface area contributed by atoms with Gasteiger partial charge in [-0.2, -0.15) is 0 Å². The fraction of sp³-hybridized carbons (Fsp3) is 0.409. The number of benzene rings is 2. The quantitative estimate of drug-likeness (QED) is 0.747. The van der Waals surface area contributed by atoms with Crippen LogP contribution in [0.15, 0.2) is 48.5 Å². The summed E-state index contributed by atoms with van der Waals surface area (Å²) in [7, 11) is 3.30. The fourth-order valence-corrected chi connectivity index (χ4v) is 3.34. The number of ether oxygens (including phenoxy) is 3. The number of hydrogen-bond donors (Lipinski definition) is 1. The summed E-state index contributed by atoms with van der Waals surface area (Å²) in [6.07, 6.45) is -0.443. The molecular weight excluding hydrogens is 356 g/mol. The van der Waals surface area contributed by atoms with E-state index in [0.29, 0.717) is 13.1 Å². The van der Waals surface area contributed by atoms with E-state index in [1.807, 2.05) is 55.5 Å². The van der Waals surface area contributed by atoms with Gasteiger partial charge < -0.3 is 19.5 Å². The molecule has 2 aromatic rings. The second kappa shape index (κ2) is 8.97. The first-order valence-electron chi connectivity index (χ1n) is 9.50. The first-order chi connectivity index (χ1) is 13.5. The molecule has 0 unspecified atom stereocenters. The molecular formula is C22H28N2O4. The molecule has 3 rings (SSSR count). The van der Waals surface area contributed by atoms with E-state index in [1.165, 1.54) is 0 Å². The van der Waals surface area contributed by atoms with E-state index in [1.54, 1.807) is 19.1 Å². The zero-order valence-corrected chi connectivity index (χ0v) is 16.8. The standard InChI is InChI=1S/C22H28N2O4/c1-15(17-5-9-19(26-3)10-6-17)23-13-21-14-24(22(25)28-21)16(2)18-7-11-20(27-4)12-8-18/h5-12,15-16,21,23H,13-14H2,1-4H3/t15-,16-,21-/m0/s1. The van der Waals surface area contributed by atoms with Crippen molar-refractivity contribution in [2.24, 2.45) is 0 Å². The Balaban J connectivity index is 1.54. The Morgan fingerprint density at radius 1 is 1.00 bits per heavy atom. The summed E-state index contributed by atoms with van der Waals surface area (Å²) in [6.45, 7) is 5.27. The van der Waals surface area contributed by atoms with Gasteiger partial charge in [-0.1, -0.05) is 24.3 Å². The van der Waals surface area contributed by atoms with Crippen molar-refractivity contribution in [1.82, 2.24) is 10.2 Å². The second-order valence-electron chi connectivity index (χ2n) is 7.01. The topological polar surface area (TPSA) is 60.0 Å². The third-order valence-electron chi connectivity index (χ3n) is 5.24. The molecule has 0 radical (unpaired) electrons. The SMILES string of the molecule is COc1ccc([C@H](C)NC[C@H]2CN([C@@H](C)c3ccc(OC)cc3)C(=O)O2)cc1. The summed E-state index contributed by atoms with van der Waals surface area (Å²) >= 11 is 0. The van der Waals surface area contributed by atoms with Crippen LogP contribution >= 0.6 is 0 Å². The van der Waals surface area contributed by atoms with Gasteiger partial charge in [0, 0.05) is 12.6 Å². The minimum absolute atomic E-state index is 0.0533. The lowest BCUT2D eigenvalue weighted by Gasteiger charge is -2.22. The molecule has 0 spiro atoms. The lowest BCUT2D eigenvalue weighted by molar-refractivity contribution is 0.127. The smallest absolute Gasteiger partial charge is 0.410 e. The normalized spacial score (nSPS) is 18.5. The maximum atomic E-state index is 12.3. The Kier molecular flexibility index (Phi) is 6.41. The van der Waals surface area contributed by atoms with Crippen LogP contribution in [0.25, 0.3) is 0 Å². The number of nitrogens with one attached hydrogen (secondary N) is 1. The molecule has 6 heteroatoms. The molecule has 1 heterocycles. The van der Waals surface area contributed by atoms with Gasteiger partial charge in [0.2, 0.25) is 0 Å². The molecule has 1 saturated heterocycles. The van der Waals surface area contributed by atoms with Gasteiger partial charge in [0.25, 0.3) is 0 Å². The van der Waals surface area contributed by atoms with Crippen LogP contribution in [0.5, 0.6) is 11.5 Å². The van der Waals surface area contributed by atoms with Crippen LogP contribution in [0.4, 0.5) is 4.79 Å². The molecule has 3 atom stereocenters. The molecule has 150 valence electrons. The summed E-state index contributed by atoms with van der Waals surface area (Å²) < 4.78 is 16.0. The van der Waals surface area contributed by atoms with Gasteiger partial charge in [-0.25, -0.2) is 4.79 Å². The van der Waals surface area contributed by atoms with Gasteiger partial charge in [-0.3, -0.25) is 4.90 Å². The van der Waals surface area contributed by atoms with Crippen molar-refractivity contribution in [3.63, 3.8) is 0 Å². The summed E-state index contributed by atoms with van der Waals surface area (Å²) in [5, 5.41) is 3.45. The van der Waals surface area contributed by atoms with E-state index in [-0.39, 0.29) is 24.3 Å². The van der Waals surface area contributed by atoms with E-state index in [2.05, 4.69) is 12.2 Å². The number of amides is 1. The number of cyclic esters (lactones) is 1. The Hall–Kier alpha value is -2.73. The van der Waals surface area contributed by atoms with Gasteiger partial charge in [-0.15, -0.1) is 0 Å². The molecule has 2 aromatic carbocycles. The molecule has 1 aliphatic heterocycles. The Labute approximate surface area is 166 Å². The lowest BCUT2D eigenvalue weighted by Crippen LogP contribution is -2.33. The van der Waals surface area contributed by atoms with Crippen LogP contribution in [-0.4, -0.2) is 44.4 Å². The fourth-order valence-electron chi connectivity index (χ4n) is 3.34. The Bertz CT molecular complexity index is 776. The van der Waals surface area contributed by atoms with E-state index in [4.69, 9.17) is 14.2 Å². The molecule has 1 amide bonds. The van der Waals surface area contributed by atoms with Gasteiger partial charge in [0.15, 0.2) is 0 Å². The summed E-state index contributed by atoms with van der Waals surface area (Å²) in [6, 6.07) is 15.8. The van der Waals surface area contributed by atoms with Crippen LogP contribution < -0.4 is 14.8 Å². The van der Waals surface area contributed by atoms with Gasteiger partial charge in [0.1, 0.15) is 17.6 Å². The maximum absolute atomic E-state index is 12.3. The number of nitrogens with zero attached hydrogens (tertiary/aromatic N) is 1. The highest BCUT2D eigenvalue weighted by molar-refractivity contribution is 5.70. The highest BCUT2D eigenvalue weighted by Gasteiger charge is 2.34. The number of rotatable bonds is 8. The lowest BCUT2D eigenvalue weighted by atomic mass is 10.1. The van der Waals surface area contributed by atoms with Crippen molar-refractivity contribution < 1.29 is 19.0 Å². The minimum atomic E-state index is -0.271. The second-order valence-corrected chi connectivity index (χ2v) is 7.01. The third-order valence-corrected chi connectivity index (χ3v) is 5.24. The van der Waals surface area contributed by atoms with Crippen molar-refractivity contribution in [3.05, 3.63) is 59.7 Å². The van der Waals surface area contributed by atoms with Gasteiger partial charge >= 0.3 is 6.09 Å². The number of carbonyl (C=O) groups excluding carboxylic acids is 1. The molecule has 0 aliphatic carbocycles. The zero-order chi connectivity index (χ0) is 20.1. The number of methoxy groups -OCH3 is 2. The summed E-state index contributed by atoms with van der Waals surface area (Å²) in [5.74, 6) is 1.64. The maximum Gasteiger partial charge on any atom is 0.410 e. The average molecular weight is 384 g/mol. The van der Waals surface area contributed by atoms with E-state index in [9.17, 15) is 4.79 Å². The van der Waals surface area contributed by atoms with Crippen molar-refractivity contribution in [1.29, 1.82) is 0 Å². The molecule has 1 aliphatic rings. The van der Waals surface area contributed by atoms with E-state index in [0.717, 1.165) is 22.6 Å². The first kappa shape index (κ1) is 20.0. The van der Waals surface area contributed by atoms with E-state index < -0.39 is 0 Å². The first-order valence-corrected chi connectivity index (χ1v) is 9.50. The molecule has 0 aromatic heterocycles. The van der Waals surface area contributed by atoms with Crippen LogP contribution in [0, 0.1) is 0 Å². The molecule has 0 bridgehead atoms. The van der Waals surface area contributed by atoms with Crippen molar-refractivity contribution >= 4 is 6.09 Å². The Morgan fingerprint density at radius 2 is 1.54 bits per heavy atom. The molecule has 6 nitrogen and oxygen atoms in total. The average Bonchev–Trinajstić information content (AvgIpc) is 3.12. The van der Waals surface area contributed by atoms with Crippen LogP contribution in [0.2, 0.25) is 0 Å². The highest BCUT2D eigenvalue weighted by Crippen LogP contribution is 2.27. The summed E-state index contributed by atoms with van der Waals surface area (Å²) in [5.41, 5.74) is 2.21. The van der Waals surface area contributed by atoms with Gasteiger partial charge in [-0.05, 0) is 49.2 Å². The molecule has 1 fully saturated rings. The zero-order valence-electron chi connectivity index (χ0n) is 16.8. The monoisotopic (exact) mass is 384 g/mol. The van der Waals surface area contributed by atoms with Crippen LogP contribution in [0.1, 0.15) is 37.1 Å². The molecule has 1 N–H and O–H groups in total. The van der Waals surface area contributed by atoms with Crippen molar-refractivity contribution in [2.45, 2.75) is 32.0 Å². The van der Waals surface area contributed by atoms with Crippen molar-refractivity contribution in [3.8, 4) is 11.5 Å². The van der Waals surface area contributed by atoms with Crippen LogP contribution in [-0.2, 0) is 4.74 Å². The van der Waals surface area contributed by atoms with E-state index >= 15 is 0 Å². The summed E-state index contributed by atoms with van der Waals surface area (Å²) in [4.78, 5) is 14.1. The Morgan fingerprint density at radius 3 is 2.07 bits per heavy atom. The predicted octanol–water partition coefficient (Wildman–Crippen LogP) is 3.94. The van der Waals surface area contributed by atoms with Crippen molar-refractivity contribution in [2.75, 3.05) is 27.3 Å².